The number of carboxylic acid groups (broad SMARTS) is 1. The average molecular weight is 242 g/mol. The van der Waals surface area contributed by atoms with Gasteiger partial charge in [0.05, 0.1) is 0 Å². The fourth-order valence-corrected chi connectivity index (χ4v) is 1.64. The van der Waals surface area contributed by atoms with Crippen LogP contribution in [0.1, 0.15) is 32.6 Å². The van der Waals surface area contributed by atoms with Crippen LogP contribution in [0, 0.1) is 11.8 Å². The predicted molar refractivity (Wildman–Crippen MR) is 64.8 cm³/mol. The maximum absolute atomic E-state index is 11.6. The van der Waals surface area contributed by atoms with Gasteiger partial charge in [0, 0.05) is 26.6 Å². The molecular weight excluding hydrogens is 220 g/mol. The molecule has 1 unspecified atom stereocenters. The monoisotopic (exact) mass is 242 g/mol. The molecule has 1 rings (SSSR count). The largest absolute Gasteiger partial charge is 0.481 e. The van der Waals surface area contributed by atoms with Crippen molar-refractivity contribution in [3.63, 3.8) is 0 Å². The number of carbonyl (C=O) groups is 2. The summed E-state index contributed by atoms with van der Waals surface area (Å²) in [7, 11) is 1.80. The van der Waals surface area contributed by atoms with Crippen molar-refractivity contribution >= 4 is 12.0 Å². The van der Waals surface area contributed by atoms with Crippen molar-refractivity contribution in [1.82, 2.24) is 10.2 Å². The van der Waals surface area contributed by atoms with E-state index in [1.807, 2.05) is 6.92 Å². The lowest BCUT2D eigenvalue weighted by Gasteiger charge is -2.19. The molecule has 98 valence electrons. The highest BCUT2D eigenvalue weighted by Crippen LogP contribution is 2.29. The number of carboxylic acids is 1. The van der Waals surface area contributed by atoms with E-state index in [1.54, 1.807) is 11.9 Å². The molecule has 2 N–H and O–H groups in total. The molecule has 5 heteroatoms. The Kier molecular flexibility index (Phi) is 5.25. The fraction of sp³-hybridized carbons (Fsp3) is 0.833. The van der Waals surface area contributed by atoms with Gasteiger partial charge in [-0.05, 0) is 31.1 Å². The van der Waals surface area contributed by atoms with E-state index in [0.717, 1.165) is 6.54 Å². The van der Waals surface area contributed by atoms with E-state index in [2.05, 4.69) is 5.32 Å². The van der Waals surface area contributed by atoms with E-state index in [9.17, 15) is 9.59 Å². The lowest BCUT2D eigenvalue weighted by atomic mass is 10.1. The first-order chi connectivity index (χ1) is 7.99. The summed E-state index contributed by atoms with van der Waals surface area (Å²) in [6.07, 6.45) is 3.22. The number of nitrogens with one attached hydrogen (secondary N) is 1. The third-order valence-electron chi connectivity index (χ3n) is 3.03. The van der Waals surface area contributed by atoms with Crippen LogP contribution in [0.2, 0.25) is 0 Å². The molecular formula is C12H22N2O3. The van der Waals surface area contributed by atoms with Crippen LogP contribution in [0.5, 0.6) is 0 Å². The van der Waals surface area contributed by atoms with Gasteiger partial charge in [-0.15, -0.1) is 0 Å². The second-order valence-electron chi connectivity index (χ2n) is 5.05. The van der Waals surface area contributed by atoms with Gasteiger partial charge in [0.1, 0.15) is 0 Å². The SMILES string of the molecule is CC(CCC(=O)O)CNC(=O)N(C)CC1CC1. The Morgan fingerprint density at radius 2 is 2.12 bits per heavy atom. The fourth-order valence-electron chi connectivity index (χ4n) is 1.64. The molecule has 0 saturated heterocycles. The summed E-state index contributed by atoms with van der Waals surface area (Å²) in [4.78, 5) is 23.7. The maximum Gasteiger partial charge on any atom is 0.317 e. The van der Waals surface area contributed by atoms with E-state index in [-0.39, 0.29) is 18.4 Å². The molecule has 1 fully saturated rings. The van der Waals surface area contributed by atoms with Crippen LogP contribution in [0.15, 0.2) is 0 Å². The standard InChI is InChI=1S/C12H22N2O3/c1-9(3-6-11(15)16)7-13-12(17)14(2)8-10-4-5-10/h9-10H,3-8H2,1-2H3,(H,13,17)(H,15,16). The van der Waals surface area contributed by atoms with Crippen LogP contribution in [0.4, 0.5) is 4.79 Å². The van der Waals surface area contributed by atoms with E-state index in [4.69, 9.17) is 5.11 Å². The molecule has 5 nitrogen and oxygen atoms in total. The van der Waals surface area contributed by atoms with E-state index in [0.29, 0.717) is 18.9 Å². The number of nitrogens with zero attached hydrogens (tertiary/aromatic N) is 1. The van der Waals surface area contributed by atoms with Gasteiger partial charge in [0.2, 0.25) is 0 Å². The van der Waals surface area contributed by atoms with Gasteiger partial charge in [-0.3, -0.25) is 4.79 Å². The summed E-state index contributed by atoms with van der Waals surface area (Å²) in [5.41, 5.74) is 0. The minimum atomic E-state index is -0.783. The molecule has 17 heavy (non-hydrogen) atoms. The number of rotatable bonds is 7. The number of carbonyl (C=O) groups excluding carboxylic acids is 1. The van der Waals surface area contributed by atoms with E-state index in [1.165, 1.54) is 12.8 Å². The highest BCUT2D eigenvalue weighted by Gasteiger charge is 2.24. The maximum atomic E-state index is 11.6. The second-order valence-corrected chi connectivity index (χ2v) is 5.05. The summed E-state index contributed by atoms with van der Waals surface area (Å²) in [6, 6.07) is -0.0564. The first-order valence-electron chi connectivity index (χ1n) is 6.19. The molecule has 1 atom stereocenters. The van der Waals surface area contributed by atoms with Crippen LogP contribution in [-0.2, 0) is 4.79 Å². The summed E-state index contributed by atoms with van der Waals surface area (Å²) >= 11 is 0. The molecule has 0 aromatic heterocycles. The third-order valence-corrected chi connectivity index (χ3v) is 3.03. The zero-order chi connectivity index (χ0) is 12.8. The molecule has 1 aliphatic carbocycles. The average Bonchev–Trinajstić information content (AvgIpc) is 3.06. The number of hydrogen-bond donors (Lipinski definition) is 2. The summed E-state index contributed by atoms with van der Waals surface area (Å²) in [5.74, 6) is 0.105. The van der Waals surface area contributed by atoms with Gasteiger partial charge in [0.25, 0.3) is 0 Å². The number of aliphatic carboxylic acids is 1. The molecule has 0 aromatic rings. The Bertz CT molecular complexity index is 277. The number of hydrogen-bond acceptors (Lipinski definition) is 2. The Hall–Kier alpha value is -1.26. The Balaban J connectivity index is 2.10. The molecule has 0 radical (unpaired) electrons. The van der Waals surface area contributed by atoms with Crippen molar-refractivity contribution in [2.45, 2.75) is 32.6 Å². The second kappa shape index (κ2) is 6.47. The highest BCUT2D eigenvalue weighted by molar-refractivity contribution is 5.73. The van der Waals surface area contributed by atoms with Gasteiger partial charge in [-0.25, -0.2) is 4.79 Å². The Morgan fingerprint density at radius 3 is 2.65 bits per heavy atom. The van der Waals surface area contributed by atoms with Crippen LogP contribution in [0.25, 0.3) is 0 Å². The first kappa shape index (κ1) is 13.8. The highest BCUT2D eigenvalue weighted by atomic mass is 16.4. The van der Waals surface area contributed by atoms with Crippen molar-refractivity contribution in [3.05, 3.63) is 0 Å². The summed E-state index contributed by atoms with van der Waals surface area (Å²) in [6.45, 7) is 3.32. The minimum absolute atomic E-state index is 0.0564. The quantitative estimate of drug-likeness (QED) is 0.711. The third kappa shape index (κ3) is 6.14. The zero-order valence-electron chi connectivity index (χ0n) is 10.6. The lowest BCUT2D eigenvalue weighted by Crippen LogP contribution is -2.40. The molecule has 0 bridgehead atoms. The van der Waals surface area contributed by atoms with Crippen LogP contribution >= 0.6 is 0 Å². The molecule has 0 aromatic carbocycles. The summed E-state index contributed by atoms with van der Waals surface area (Å²) < 4.78 is 0. The molecule has 0 aliphatic heterocycles. The van der Waals surface area contributed by atoms with Crippen molar-refractivity contribution in [2.75, 3.05) is 20.1 Å². The van der Waals surface area contributed by atoms with Gasteiger partial charge >= 0.3 is 12.0 Å². The molecule has 0 heterocycles. The Morgan fingerprint density at radius 1 is 1.47 bits per heavy atom. The van der Waals surface area contributed by atoms with Crippen molar-refractivity contribution in [1.29, 1.82) is 0 Å². The molecule has 0 spiro atoms. The topological polar surface area (TPSA) is 69.6 Å². The van der Waals surface area contributed by atoms with E-state index >= 15 is 0 Å². The van der Waals surface area contributed by atoms with Crippen molar-refractivity contribution < 1.29 is 14.7 Å². The van der Waals surface area contributed by atoms with E-state index < -0.39 is 5.97 Å². The molecule has 2 amide bonds. The normalized spacial score (nSPS) is 16.4. The van der Waals surface area contributed by atoms with Crippen LogP contribution in [-0.4, -0.2) is 42.1 Å². The van der Waals surface area contributed by atoms with Crippen molar-refractivity contribution in [3.8, 4) is 0 Å². The zero-order valence-corrected chi connectivity index (χ0v) is 10.6. The predicted octanol–water partition coefficient (Wildman–Crippen LogP) is 1.54. The van der Waals surface area contributed by atoms with Crippen LogP contribution < -0.4 is 5.32 Å². The molecule has 1 saturated carbocycles. The van der Waals surface area contributed by atoms with Crippen molar-refractivity contribution in [2.24, 2.45) is 11.8 Å². The Labute approximate surface area is 102 Å². The lowest BCUT2D eigenvalue weighted by molar-refractivity contribution is -0.137. The smallest absolute Gasteiger partial charge is 0.317 e. The molecule has 1 aliphatic rings. The first-order valence-corrected chi connectivity index (χ1v) is 6.19. The number of urea groups is 1. The minimum Gasteiger partial charge on any atom is -0.481 e. The summed E-state index contributed by atoms with van der Waals surface area (Å²) in [5, 5.41) is 11.4. The van der Waals surface area contributed by atoms with Gasteiger partial charge < -0.3 is 15.3 Å². The van der Waals surface area contributed by atoms with Crippen LogP contribution in [0.3, 0.4) is 0 Å². The van der Waals surface area contributed by atoms with Gasteiger partial charge in [-0.1, -0.05) is 6.92 Å². The van der Waals surface area contributed by atoms with Gasteiger partial charge in [-0.2, -0.15) is 0 Å². The van der Waals surface area contributed by atoms with Gasteiger partial charge in [0.15, 0.2) is 0 Å². The number of amides is 2.